The first-order valence-corrected chi connectivity index (χ1v) is 8.76. The van der Waals surface area contributed by atoms with Crippen LogP contribution in [0.5, 0.6) is 0 Å². The van der Waals surface area contributed by atoms with Crippen LogP contribution in [0.1, 0.15) is 5.56 Å². The minimum Gasteiger partial charge on any atom is -0.317 e. The molecule has 0 saturated heterocycles. The molecule has 4 nitrogen and oxygen atoms in total. The maximum Gasteiger partial charge on any atom is 0.280 e. The number of rotatable bonds is 4. The number of para-hydroxylation sites is 1. The molecule has 134 valence electrons. The van der Waals surface area contributed by atoms with Crippen molar-refractivity contribution in [3.05, 3.63) is 99.6 Å². The molecular weight excluding hydrogens is 365 g/mol. The molecule has 0 amide bonds. The van der Waals surface area contributed by atoms with Crippen LogP contribution in [0.4, 0.5) is 4.39 Å². The van der Waals surface area contributed by atoms with Gasteiger partial charge >= 0.3 is 0 Å². The Kier molecular flexibility index (Phi) is 4.60. The van der Waals surface area contributed by atoms with Gasteiger partial charge in [0.05, 0.1) is 23.0 Å². The van der Waals surface area contributed by atoms with Crippen LogP contribution in [0.15, 0.2) is 77.6 Å². The molecule has 1 N–H and O–H groups in total. The second kappa shape index (κ2) is 7.21. The van der Waals surface area contributed by atoms with E-state index < -0.39 is 5.82 Å². The van der Waals surface area contributed by atoms with E-state index in [1.807, 2.05) is 12.1 Å². The Balaban J connectivity index is 1.86. The Morgan fingerprint density at radius 3 is 2.59 bits per heavy atom. The second-order valence-electron chi connectivity index (χ2n) is 6.04. The molecule has 0 saturated carbocycles. The maximum atomic E-state index is 14.4. The number of nitrogens with zero attached hydrogens (tertiary/aromatic N) is 2. The lowest BCUT2D eigenvalue weighted by Crippen LogP contribution is -2.31. The zero-order chi connectivity index (χ0) is 18.8. The van der Waals surface area contributed by atoms with Crippen molar-refractivity contribution in [1.29, 1.82) is 0 Å². The minimum absolute atomic E-state index is 0.221. The van der Waals surface area contributed by atoms with E-state index in [-0.39, 0.29) is 16.9 Å². The average molecular weight is 380 g/mol. The molecule has 0 aliphatic carbocycles. The van der Waals surface area contributed by atoms with Crippen LogP contribution < -0.4 is 11.0 Å². The SMILES string of the molecule is O=c1c2ccccc2nc(-c2ccccc2F)n1NCc1cccc(Cl)c1. The third kappa shape index (κ3) is 3.41. The quantitative estimate of drug-likeness (QED) is 0.563. The summed E-state index contributed by atoms with van der Waals surface area (Å²) < 4.78 is 15.7. The van der Waals surface area contributed by atoms with Crippen molar-refractivity contribution in [1.82, 2.24) is 9.66 Å². The fourth-order valence-corrected chi connectivity index (χ4v) is 3.13. The highest BCUT2D eigenvalue weighted by Gasteiger charge is 2.15. The molecule has 0 atom stereocenters. The molecular formula is C21H15ClFN3O. The van der Waals surface area contributed by atoms with Crippen molar-refractivity contribution < 1.29 is 4.39 Å². The summed E-state index contributed by atoms with van der Waals surface area (Å²) in [4.78, 5) is 17.6. The summed E-state index contributed by atoms with van der Waals surface area (Å²) in [5.41, 5.74) is 4.42. The van der Waals surface area contributed by atoms with E-state index in [2.05, 4.69) is 10.4 Å². The Bertz CT molecular complexity index is 1190. The van der Waals surface area contributed by atoms with Gasteiger partial charge in [0.2, 0.25) is 0 Å². The topological polar surface area (TPSA) is 46.9 Å². The lowest BCUT2D eigenvalue weighted by molar-refractivity contribution is 0.627. The molecule has 0 spiro atoms. The summed E-state index contributed by atoms with van der Waals surface area (Å²) in [6.07, 6.45) is 0. The van der Waals surface area contributed by atoms with Gasteiger partial charge in [-0.25, -0.2) is 14.1 Å². The van der Waals surface area contributed by atoms with Gasteiger partial charge in [-0.2, -0.15) is 0 Å². The van der Waals surface area contributed by atoms with Gasteiger partial charge in [0, 0.05) is 5.02 Å². The van der Waals surface area contributed by atoms with Gasteiger partial charge in [-0.1, -0.05) is 48.0 Å². The van der Waals surface area contributed by atoms with E-state index >= 15 is 0 Å². The number of hydrogen-bond acceptors (Lipinski definition) is 3. The smallest absolute Gasteiger partial charge is 0.280 e. The van der Waals surface area contributed by atoms with Crippen molar-refractivity contribution in [2.75, 3.05) is 5.43 Å². The summed E-state index contributed by atoms with van der Waals surface area (Å²) in [7, 11) is 0. The lowest BCUT2D eigenvalue weighted by Gasteiger charge is -2.16. The zero-order valence-electron chi connectivity index (χ0n) is 14.2. The van der Waals surface area contributed by atoms with Crippen LogP contribution >= 0.6 is 11.6 Å². The average Bonchev–Trinajstić information content (AvgIpc) is 2.68. The lowest BCUT2D eigenvalue weighted by atomic mass is 10.1. The van der Waals surface area contributed by atoms with Crippen LogP contribution in [0, 0.1) is 5.82 Å². The fourth-order valence-electron chi connectivity index (χ4n) is 2.92. The number of benzene rings is 3. The van der Waals surface area contributed by atoms with Crippen LogP contribution in [-0.4, -0.2) is 9.66 Å². The molecule has 0 fully saturated rings. The molecule has 1 heterocycles. The van der Waals surface area contributed by atoms with Crippen molar-refractivity contribution in [2.45, 2.75) is 6.54 Å². The summed E-state index contributed by atoms with van der Waals surface area (Å²) in [5, 5.41) is 1.06. The van der Waals surface area contributed by atoms with E-state index in [4.69, 9.17) is 11.6 Å². The molecule has 3 aromatic carbocycles. The summed E-state index contributed by atoms with van der Waals surface area (Å²) in [5.74, 6) is -0.225. The van der Waals surface area contributed by atoms with Gasteiger partial charge in [0.1, 0.15) is 5.82 Å². The van der Waals surface area contributed by atoms with Crippen LogP contribution in [0.25, 0.3) is 22.3 Å². The van der Waals surface area contributed by atoms with Gasteiger partial charge in [0.25, 0.3) is 5.56 Å². The second-order valence-corrected chi connectivity index (χ2v) is 6.47. The number of aromatic nitrogens is 2. The summed E-state index contributed by atoms with van der Waals surface area (Å²) >= 11 is 6.03. The number of fused-ring (bicyclic) bond motifs is 1. The Morgan fingerprint density at radius 2 is 1.78 bits per heavy atom. The van der Waals surface area contributed by atoms with E-state index in [0.29, 0.717) is 22.5 Å². The Labute approximate surface area is 159 Å². The standard InChI is InChI=1S/C21H15ClFN3O/c22-15-7-5-6-14(12-15)13-24-26-20(16-8-1-3-10-18(16)23)25-19-11-4-2-9-17(19)21(26)27/h1-12,24H,13H2. The molecule has 0 radical (unpaired) electrons. The highest BCUT2D eigenvalue weighted by Crippen LogP contribution is 2.21. The molecule has 4 aromatic rings. The molecule has 0 aliphatic rings. The molecule has 1 aromatic heterocycles. The van der Waals surface area contributed by atoms with Crippen molar-refractivity contribution in [2.24, 2.45) is 0 Å². The molecule has 27 heavy (non-hydrogen) atoms. The van der Waals surface area contributed by atoms with Crippen molar-refractivity contribution in [3.8, 4) is 11.4 Å². The molecule has 6 heteroatoms. The van der Waals surface area contributed by atoms with E-state index in [9.17, 15) is 9.18 Å². The van der Waals surface area contributed by atoms with Gasteiger partial charge in [-0.05, 0) is 42.0 Å². The van der Waals surface area contributed by atoms with Crippen LogP contribution in [-0.2, 0) is 6.54 Å². The molecule has 0 unspecified atom stereocenters. The van der Waals surface area contributed by atoms with E-state index in [0.717, 1.165) is 5.56 Å². The van der Waals surface area contributed by atoms with Gasteiger partial charge in [-0.3, -0.25) is 4.79 Å². The summed E-state index contributed by atoms with van der Waals surface area (Å²) in [6, 6.07) is 20.6. The largest absolute Gasteiger partial charge is 0.317 e. The molecule has 0 bridgehead atoms. The Hall–Kier alpha value is -3.18. The zero-order valence-corrected chi connectivity index (χ0v) is 14.9. The third-order valence-corrected chi connectivity index (χ3v) is 4.46. The number of halogens is 2. The summed E-state index contributed by atoms with van der Waals surface area (Å²) in [6.45, 7) is 0.335. The minimum atomic E-state index is -0.446. The van der Waals surface area contributed by atoms with Gasteiger partial charge in [0.15, 0.2) is 5.82 Å². The van der Waals surface area contributed by atoms with Gasteiger partial charge in [-0.15, -0.1) is 0 Å². The Morgan fingerprint density at radius 1 is 1.00 bits per heavy atom. The van der Waals surface area contributed by atoms with Crippen molar-refractivity contribution in [3.63, 3.8) is 0 Å². The van der Waals surface area contributed by atoms with Crippen molar-refractivity contribution >= 4 is 22.5 Å². The third-order valence-electron chi connectivity index (χ3n) is 4.22. The molecule has 0 aliphatic heterocycles. The monoisotopic (exact) mass is 379 g/mol. The van der Waals surface area contributed by atoms with Crippen LogP contribution in [0.2, 0.25) is 5.02 Å². The maximum absolute atomic E-state index is 14.4. The van der Waals surface area contributed by atoms with E-state index in [1.54, 1.807) is 54.6 Å². The number of hydrogen-bond donors (Lipinski definition) is 1. The first kappa shape index (κ1) is 17.2. The predicted molar refractivity (Wildman–Crippen MR) is 106 cm³/mol. The predicted octanol–water partition coefficient (Wildman–Crippen LogP) is 4.60. The van der Waals surface area contributed by atoms with Crippen LogP contribution in [0.3, 0.4) is 0 Å². The highest BCUT2D eigenvalue weighted by atomic mass is 35.5. The first-order valence-electron chi connectivity index (χ1n) is 8.38. The fraction of sp³-hybridized carbons (Fsp3) is 0.0476. The van der Waals surface area contributed by atoms with E-state index in [1.165, 1.54) is 10.7 Å². The molecule has 4 rings (SSSR count). The normalized spacial score (nSPS) is 10.9. The number of nitrogens with one attached hydrogen (secondary N) is 1. The highest BCUT2D eigenvalue weighted by molar-refractivity contribution is 6.30. The first-order chi connectivity index (χ1) is 13.1. The van der Waals surface area contributed by atoms with Gasteiger partial charge < -0.3 is 5.43 Å².